The van der Waals surface area contributed by atoms with Gasteiger partial charge in [0.2, 0.25) is 0 Å². The van der Waals surface area contributed by atoms with Gasteiger partial charge in [-0.2, -0.15) is 5.10 Å². The van der Waals surface area contributed by atoms with Crippen LogP contribution in [0.25, 0.3) is 11.4 Å². The summed E-state index contributed by atoms with van der Waals surface area (Å²) in [7, 11) is 0. The number of hydrogen-bond acceptors (Lipinski definition) is 4. The Kier molecular flexibility index (Phi) is 4.78. The first-order valence-electron chi connectivity index (χ1n) is 9.07. The fourth-order valence-corrected chi connectivity index (χ4v) is 3.60. The summed E-state index contributed by atoms with van der Waals surface area (Å²) in [4.78, 5) is 31.9. The van der Waals surface area contributed by atoms with Crippen LogP contribution in [-0.2, 0) is 0 Å². The smallest absolute Gasteiger partial charge is 0.254 e. The second-order valence-corrected chi connectivity index (χ2v) is 6.70. The lowest BCUT2D eigenvalue weighted by Gasteiger charge is -2.32. The third-order valence-electron chi connectivity index (χ3n) is 4.97. The summed E-state index contributed by atoms with van der Waals surface area (Å²) < 4.78 is 0. The fourth-order valence-electron chi connectivity index (χ4n) is 3.60. The minimum absolute atomic E-state index is 0.0763. The van der Waals surface area contributed by atoms with Crippen LogP contribution in [0.2, 0.25) is 0 Å². The van der Waals surface area contributed by atoms with Gasteiger partial charge >= 0.3 is 0 Å². The molecule has 0 saturated carbocycles. The van der Waals surface area contributed by atoms with E-state index in [1.165, 1.54) is 6.33 Å². The van der Waals surface area contributed by atoms with E-state index >= 15 is 0 Å². The summed E-state index contributed by atoms with van der Waals surface area (Å²) in [6, 6.07) is 16.7. The molecular weight excluding hydrogens is 340 g/mol. The summed E-state index contributed by atoms with van der Waals surface area (Å²) in [5, 5.41) is 6.69. The van der Waals surface area contributed by atoms with Crippen molar-refractivity contribution in [2.24, 2.45) is 5.92 Å². The van der Waals surface area contributed by atoms with Crippen molar-refractivity contribution in [3.63, 3.8) is 0 Å². The number of carbonyl (C=O) groups excluding carboxylic acids is 2. The Morgan fingerprint density at radius 2 is 1.81 bits per heavy atom. The monoisotopic (exact) mass is 360 g/mol. The van der Waals surface area contributed by atoms with E-state index in [9.17, 15) is 9.59 Å². The maximum atomic E-state index is 13.2. The van der Waals surface area contributed by atoms with E-state index in [4.69, 9.17) is 0 Å². The molecule has 1 aliphatic heterocycles. The molecule has 2 heterocycles. The molecule has 0 spiro atoms. The average Bonchev–Trinajstić information content (AvgIpc) is 3.28. The van der Waals surface area contributed by atoms with Gasteiger partial charge in [0.1, 0.15) is 6.33 Å². The molecule has 0 unspecified atom stereocenters. The summed E-state index contributed by atoms with van der Waals surface area (Å²) in [6.45, 7) is 1.10. The molecule has 27 heavy (non-hydrogen) atoms. The summed E-state index contributed by atoms with van der Waals surface area (Å²) >= 11 is 0. The minimum atomic E-state index is -0.164. The number of Topliss-reactive ketones (excluding diaryl/α,β-unsaturated/α-hetero) is 1. The van der Waals surface area contributed by atoms with Crippen molar-refractivity contribution in [1.82, 2.24) is 20.1 Å². The van der Waals surface area contributed by atoms with Crippen LogP contribution in [0.5, 0.6) is 0 Å². The van der Waals surface area contributed by atoms with Crippen LogP contribution >= 0.6 is 0 Å². The Bertz CT molecular complexity index is 938. The maximum absolute atomic E-state index is 13.2. The van der Waals surface area contributed by atoms with E-state index in [0.717, 1.165) is 18.4 Å². The van der Waals surface area contributed by atoms with Crippen LogP contribution in [-0.4, -0.2) is 44.9 Å². The number of carbonyl (C=O) groups is 2. The average molecular weight is 360 g/mol. The topological polar surface area (TPSA) is 79.0 Å². The Hall–Kier alpha value is -3.28. The molecule has 6 nitrogen and oxygen atoms in total. The van der Waals surface area contributed by atoms with Gasteiger partial charge in [0, 0.05) is 30.1 Å². The normalized spacial score (nSPS) is 16.9. The molecule has 1 saturated heterocycles. The predicted molar refractivity (Wildman–Crippen MR) is 101 cm³/mol. The number of aromatic nitrogens is 3. The lowest BCUT2D eigenvalue weighted by atomic mass is 9.89. The Balaban J connectivity index is 1.56. The van der Waals surface area contributed by atoms with E-state index in [1.54, 1.807) is 11.0 Å². The first-order valence-corrected chi connectivity index (χ1v) is 9.07. The number of benzene rings is 2. The SMILES string of the molecule is O=C(c1ccccc1)[C@@H]1CCCN(C(=O)c2ccccc2-c2ncn[nH]2)C1. The lowest BCUT2D eigenvalue weighted by Crippen LogP contribution is -2.42. The van der Waals surface area contributed by atoms with Gasteiger partial charge in [0.15, 0.2) is 11.6 Å². The molecule has 1 fully saturated rings. The van der Waals surface area contributed by atoms with Gasteiger partial charge in [0.05, 0.1) is 5.56 Å². The van der Waals surface area contributed by atoms with E-state index in [2.05, 4.69) is 15.2 Å². The van der Waals surface area contributed by atoms with E-state index in [1.807, 2.05) is 48.5 Å². The van der Waals surface area contributed by atoms with Crippen LogP contribution < -0.4 is 0 Å². The quantitative estimate of drug-likeness (QED) is 0.725. The molecule has 0 bridgehead atoms. The molecule has 1 atom stereocenters. The van der Waals surface area contributed by atoms with E-state index in [0.29, 0.717) is 30.0 Å². The molecular formula is C21H20N4O2. The molecule has 0 aliphatic carbocycles. The number of amides is 1. The molecule has 4 rings (SSSR count). The third kappa shape index (κ3) is 3.51. The Labute approximate surface area is 157 Å². The van der Waals surface area contributed by atoms with Crippen molar-refractivity contribution in [3.05, 3.63) is 72.1 Å². The molecule has 1 aromatic heterocycles. The van der Waals surface area contributed by atoms with Crippen molar-refractivity contribution in [2.45, 2.75) is 12.8 Å². The molecule has 2 aromatic carbocycles. The van der Waals surface area contributed by atoms with Gasteiger partial charge in [-0.1, -0.05) is 48.5 Å². The van der Waals surface area contributed by atoms with Gasteiger partial charge in [-0.15, -0.1) is 0 Å². The van der Waals surface area contributed by atoms with Gasteiger partial charge in [-0.05, 0) is 18.9 Å². The maximum Gasteiger partial charge on any atom is 0.254 e. The van der Waals surface area contributed by atoms with Gasteiger partial charge in [0.25, 0.3) is 5.91 Å². The first-order chi connectivity index (χ1) is 13.2. The summed E-state index contributed by atoms with van der Waals surface area (Å²) in [5.41, 5.74) is 2.00. The largest absolute Gasteiger partial charge is 0.338 e. The second kappa shape index (κ2) is 7.53. The van der Waals surface area contributed by atoms with Crippen molar-refractivity contribution in [2.75, 3.05) is 13.1 Å². The number of rotatable bonds is 4. The zero-order chi connectivity index (χ0) is 18.6. The van der Waals surface area contributed by atoms with Crippen molar-refractivity contribution >= 4 is 11.7 Å². The minimum Gasteiger partial charge on any atom is -0.338 e. The number of aromatic amines is 1. The van der Waals surface area contributed by atoms with Crippen molar-refractivity contribution < 1.29 is 9.59 Å². The number of nitrogens with zero attached hydrogens (tertiary/aromatic N) is 3. The van der Waals surface area contributed by atoms with Crippen LogP contribution in [0.4, 0.5) is 0 Å². The van der Waals surface area contributed by atoms with Crippen molar-refractivity contribution in [1.29, 1.82) is 0 Å². The first kappa shape index (κ1) is 17.1. The highest BCUT2D eigenvalue weighted by Gasteiger charge is 2.30. The summed E-state index contributed by atoms with van der Waals surface area (Å²) in [6.07, 6.45) is 3.05. The number of piperidine rings is 1. The van der Waals surface area contributed by atoms with Crippen LogP contribution in [0.1, 0.15) is 33.6 Å². The van der Waals surface area contributed by atoms with E-state index < -0.39 is 0 Å². The fraction of sp³-hybridized carbons (Fsp3) is 0.238. The van der Waals surface area contributed by atoms with Crippen LogP contribution in [0.15, 0.2) is 60.9 Å². The number of hydrogen-bond donors (Lipinski definition) is 1. The molecule has 136 valence electrons. The van der Waals surface area contributed by atoms with Crippen LogP contribution in [0.3, 0.4) is 0 Å². The van der Waals surface area contributed by atoms with Gasteiger partial charge in [-0.3, -0.25) is 14.7 Å². The Morgan fingerprint density at radius 1 is 1.04 bits per heavy atom. The molecule has 3 aromatic rings. The zero-order valence-corrected chi connectivity index (χ0v) is 14.8. The molecule has 1 N–H and O–H groups in total. The predicted octanol–water partition coefficient (Wildman–Crippen LogP) is 3.21. The summed E-state index contributed by atoms with van der Waals surface area (Å²) in [5.74, 6) is 0.430. The molecule has 1 aliphatic rings. The second-order valence-electron chi connectivity index (χ2n) is 6.70. The Morgan fingerprint density at radius 3 is 2.59 bits per heavy atom. The lowest BCUT2D eigenvalue weighted by molar-refractivity contribution is 0.0637. The third-order valence-corrected chi connectivity index (χ3v) is 4.97. The number of nitrogens with one attached hydrogen (secondary N) is 1. The molecule has 6 heteroatoms. The number of likely N-dealkylation sites (tertiary alicyclic amines) is 1. The molecule has 1 amide bonds. The van der Waals surface area contributed by atoms with Crippen LogP contribution in [0, 0.1) is 5.92 Å². The van der Waals surface area contributed by atoms with E-state index in [-0.39, 0.29) is 17.6 Å². The highest BCUT2D eigenvalue weighted by Crippen LogP contribution is 2.25. The highest BCUT2D eigenvalue weighted by atomic mass is 16.2. The van der Waals surface area contributed by atoms with Crippen molar-refractivity contribution in [3.8, 4) is 11.4 Å². The zero-order valence-electron chi connectivity index (χ0n) is 14.8. The highest BCUT2D eigenvalue weighted by molar-refractivity contribution is 6.01. The number of ketones is 1. The van der Waals surface area contributed by atoms with Gasteiger partial charge in [-0.25, -0.2) is 4.98 Å². The molecule has 0 radical (unpaired) electrons. The number of H-pyrrole nitrogens is 1. The standard InChI is InChI=1S/C21H20N4O2/c26-19(15-7-2-1-3-8-15)16-9-6-12-25(13-16)21(27)18-11-5-4-10-17(18)20-22-14-23-24-20/h1-5,7-8,10-11,14,16H,6,9,12-13H2,(H,22,23,24)/t16-/m1/s1. The van der Waals surface area contributed by atoms with Gasteiger partial charge < -0.3 is 4.90 Å².